The van der Waals surface area contributed by atoms with Crippen molar-refractivity contribution in [2.75, 3.05) is 13.1 Å². The predicted octanol–water partition coefficient (Wildman–Crippen LogP) is 4.50. The Hall–Kier alpha value is -2.61. The maximum atomic E-state index is 14.0. The Bertz CT molecular complexity index is 1430. The van der Waals surface area contributed by atoms with Crippen LogP contribution in [0.4, 0.5) is 8.78 Å². The molecule has 4 rings (SSSR count). The lowest BCUT2D eigenvalue weighted by molar-refractivity contribution is -0.144. The molecule has 3 heterocycles. The van der Waals surface area contributed by atoms with Gasteiger partial charge in [0.25, 0.3) is 5.56 Å². The molecular formula is C25H24BrF2N3O3S. The molecule has 1 amide bonds. The van der Waals surface area contributed by atoms with E-state index in [0.29, 0.717) is 33.7 Å². The lowest BCUT2D eigenvalue weighted by Crippen LogP contribution is -2.60. The standard InChI is InChI=1S/C25H24BrF2N3O3S/c1-4-25(34,5-2)9-8-18-20(15-6-7-17(27)16(26)10-15)21-22(35-18)29-14-30(23(21)33)11-19(32)31-12-24(3,28)13-31/h6-7,10,14,34H,4-5,11-13H2,1-3H3. The molecule has 0 radical (unpaired) electrons. The number of halogens is 3. The number of carbonyl (C=O) groups is 1. The molecule has 6 nitrogen and oxygen atoms in total. The van der Waals surface area contributed by atoms with Crippen LogP contribution in [0.3, 0.4) is 0 Å². The van der Waals surface area contributed by atoms with E-state index in [-0.39, 0.29) is 35.4 Å². The largest absolute Gasteiger partial charge is 0.378 e. The van der Waals surface area contributed by atoms with E-state index in [0.717, 1.165) is 0 Å². The van der Waals surface area contributed by atoms with Crippen LogP contribution in [0, 0.1) is 17.7 Å². The number of likely N-dealkylation sites (tertiary alicyclic amines) is 1. The Morgan fingerprint density at radius 2 is 2.03 bits per heavy atom. The number of aliphatic hydroxyl groups is 1. The topological polar surface area (TPSA) is 75.4 Å². The molecule has 0 bridgehead atoms. The van der Waals surface area contributed by atoms with Gasteiger partial charge < -0.3 is 10.0 Å². The summed E-state index contributed by atoms with van der Waals surface area (Å²) in [6.45, 7) is 4.80. The molecule has 1 fully saturated rings. The normalized spacial score (nSPS) is 15.0. The van der Waals surface area contributed by atoms with Crippen LogP contribution in [0.1, 0.15) is 38.5 Å². The number of nitrogens with zero attached hydrogens (tertiary/aromatic N) is 3. The molecule has 0 spiro atoms. The lowest BCUT2D eigenvalue weighted by Gasteiger charge is -2.42. The van der Waals surface area contributed by atoms with E-state index in [2.05, 4.69) is 32.8 Å². The summed E-state index contributed by atoms with van der Waals surface area (Å²) >= 11 is 4.38. The SMILES string of the molecule is CCC(O)(C#Cc1sc2ncn(CC(=O)N3CC(C)(F)C3)c(=O)c2c1-c1ccc(F)c(Br)c1)CC. The molecule has 0 aliphatic carbocycles. The Kier molecular flexibility index (Phi) is 6.88. The highest BCUT2D eigenvalue weighted by atomic mass is 79.9. The summed E-state index contributed by atoms with van der Waals surface area (Å²) in [6.07, 6.45) is 2.16. The van der Waals surface area contributed by atoms with Crippen LogP contribution in [0.15, 0.2) is 33.8 Å². The highest BCUT2D eigenvalue weighted by Crippen LogP contribution is 2.37. The Labute approximate surface area is 213 Å². The van der Waals surface area contributed by atoms with E-state index in [1.807, 2.05) is 13.8 Å². The van der Waals surface area contributed by atoms with Gasteiger partial charge in [-0.15, -0.1) is 11.3 Å². The van der Waals surface area contributed by atoms with Gasteiger partial charge in [-0.3, -0.25) is 14.2 Å². The third kappa shape index (κ3) is 5.03. The van der Waals surface area contributed by atoms with Crippen molar-refractivity contribution < 1.29 is 18.7 Å². The monoisotopic (exact) mass is 563 g/mol. The quantitative estimate of drug-likeness (QED) is 0.464. The molecule has 184 valence electrons. The number of benzene rings is 1. The molecule has 0 atom stereocenters. The number of hydrogen-bond acceptors (Lipinski definition) is 5. The molecule has 1 aliphatic rings. The summed E-state index contributed by atoms with van der Waals surface area (Å²) < 4.78 is 29.2. The van der Waals surface area contributed by atoms with Crippen molar-refractivity contribution in [2.45, 2.75) is 51.4 Å². The molecule has 1 saturated heterocycles. The van der Waals surface area contributed by atoms with Gasteiger partial charge in [-0.05, 0) is 53.4 Å². The van der Waals surface area contributed by atoms with Crippen molar-refractivity contribution in [3.8, 4) is 23.0 Å². The van der Waals surface area contributed by atoms with E-state index in [4.69, 9.17) is 0 Å². The van der Waals surface area contributed by atoms with Gasteiger partial charge in [0.05, 0.1) is 34.2 Å². The number of amides is 1. The second kappa shape index (κ2) is 9.45. The van der Waals surface area contributed by atoms with Crippen molar-refractivity contribution in [1.29, 1.82) is 0 Å². The van der Waals surface area contributed by atoms with E-state index >= 15 is 0 Å². The number of rotatable bonds is 5. The van der Waals surface area contributed by atoms with Crippen molar-refractivity contribution >= 4 is 43.4 Å². The second-order valence-electron chi connectivity index (χ2n) is 8.94. The molecule has 0 saturated carbocycles. The first kappa shape index (κ1) is 25.5. The molecular weight excluding hydrogens is 540 g/mol. The van der Waals surface area contributed by atoms with Crippen molar-refractivity contribution in [3.63, 3.8) is 0 Å². The zero-order valence-electron chi connectivity index (χ0n) is 19.5. The first-order valence-corrected chi connectivity index (χ1v) is 12.8. The van der Waals surface area contributed by atoms with Crippen LogP contribution in [0.5, 0.6) is 0 Å². The predicted molar refractivity (Wildman–Crippen MR) is 135 cm³/mol. The minimum absolute atomic E-state index is 0.0128. The van der Waals surface area contributed by atoms with Crippen molar-refractivity contribution in [1.82, 2.24) is 14.5 Å². The maximum Gasteiger partial charge on any atom is 0.263 e. The average molecular weight is 564 g/mol. The van der Waals surface area contributed by atoms with E-state index in [1.165, 1.54) is 40.1 Å². The minimum Gasteiger partial charge on any atom is -0.378 e. The summed E-state index contributed by atoms with van der Waals surface area (Å²) in [5.74, 6) is 5.10. The van der Waals surface area contributed by atoms with Gasteiger partial charge in [0.15, 0.2) is 0 Å². The number of fused-ring (bicyclic) bond motifs is 1. The average Bonchev–Trinajstić information content (AvgIpc) is 3.18. The molecule has 1 N–H and O–H groups in total. The number of alkyl halides is 1. The fourth-order valence-corrected chi connectivity index (χ4v) is 5.31. The van der Waals surface area contributed by atoms with Crippen LogP contribution in [0.2, 0.25) is 0 Å². The summed E-state index contributed by atoms with van der Waals surface area (Å²) in [6, 6.07) is 4.38. The van der Waals surface area contributed by atoms with Crippen LogP contribution in [0.25, 0.3) is 21.3 Å². The Morgan fingerprint density at radius 3 is 2.63 bits per heavy atom. The number of aromatic nitrogens is 2. The van der Waals surface area contributed by atoms with Gasteiger partial charge >= 0.3 is 0 Å². The molecule has 1 aromatic carbocycles. The minimum atomic E-state index is -1.41. The molecule has 3 aromatic rings. The van der Waals surface area contributed by atoms with Crippen LogP contribution in [-0.4, -0.2) is 49.8 Å². The molecule has 10 heteroatoms. The first-order valence-electron chi connectivity index (χ1n) is 11.2. The van der Waals surface area contributed by atoms with Gasteiger partial charge in [0.1, 0.15) is 28.5 Å². The summed E-state index contributed by atoms with van der Waals surface area (Å²) in [4.78, 5) is 32.7. The molecule has 1 aliphatic heterocycles. The van der Waals surface area contributed by atoms with Gasteiger partial charge in [-0.25, -0.2) is 13.8 Å². The highest BCUT2D eigenvalue weighted by Gasteiger charge is 2.41. The second-order valence-corrected chi connectivity index (χ2v) is 10.8. The summed E-state index contributed by atoms with van der Waals surface area (Å²) in [5.41, 5.74) is -2.03. The Balaban J connectivity index is 1.85. The van der Waals surface area contributed by atoms with Crippen LogP contribution < -0.4 is 5.56 Å². The third-order valence-corrected chi connectivity index (χ3v) is 7.79. The number of carbonyl (C=O) groups excluding carboxylic acids is 1. The van der Waals surface area contributed by atoms with Gasteiger partial charge in [0.2, 0.25) is 5.91 Å². The van der Waals surface area contributed by atoms with Crippen molar-refractivity contribution in [3.05, 3.63) is 50.0 Å². The zero-order valence-corrected chi connectivity index (χ0v) is 21.9. The highest BCUT2D eigenvalue weighted by molar-refractivity contribution is 9.10. The van der Waals surface area contributed by atoms with Crippen LogP contribution in [-0.2, 0) is 11.3 Å². The fraction of sp³-hybridized carbons (Fsp3) is 0.400. The van der Waals surface area contributed by atoms with Crippen LogP contribution >= 0.6 is 27.3 Å². The number of thiophene rings is 1. The van der Waals surface area contributed by atoms with E-state index < -0.39 is 22.6 Å². The number of hydrogen-bond donors (Lipinski definition) is 1. The third-order valence-electron chi connectivity index (χ3n) is 6.16. The molecule has 0 unspecified atom stereocenters. The molecule has 35 heavy (non-hydrogen) atoms. The lowest BCUT2D eigenvalue weighted by atomic mass is 9.97. The Morgan fingerprint density at radius 1 is 1.34 bits per heavy atom. The summed E-state index contributed by atoms with van der Waals surface area (Å²) in [7, 11) is 0. The van der Waals surface area contributed by atoms with E-state index in [9.17, 15) is 23.5 Å². The smallest absolute Gasteiger partial charge is 0.263 e. The van der Waals surface area contributed by atoms with E-state index in [1.54, 1.807) is 12.1 Å². The molecule has 2 aromatic heterocycles. The van der Waals surface area contributed by atoms with Gasteiger partial charge in [0, 0.05) is 5.56 Å². The van der Waals surface area contributed by atoms with Gasteiger partial charge in [-0.1, -0.05) is 31.8 Å². The zero-order chi connectivity index (χ0) is 25.5. The van der Waals surface area contributed by atoms with Gasteiger partial charge in [-0.2, -0.15) is 0 Å². The first-order chi connectivity index (χ1) is 16.5. The fourth-order valence-electron chi connectivity index (χ4n) is 3.93. The van der Waals surface area contributed by atoms with Crippen molar-refractivity contribution in [2.24, 2.45) is 0 Å². The summed E-state index contributed by atoms with van der Waals surface area (Å²) in [5, 5.41) is 10.9. The maximum absolute atomic E-state index is 14.0.